The second kappa shape index (κ2) is 36.6. The average Bonchev–Trinajstić information content (AvgIpc) is 3.20. The van der Waals surface area contributed by atoms with E-state index in [2.05, 4.69) is 29.4 Å². The molecule has 4 unspecified atom stereocenters. The third kappa shape index (κ3) is 27.5. The smallest absolute Gasteiger partial charge is 0.389 e. The molecule has 56 heavy (non-hydrogen) atoms. The number of hydrogen-bond donors (Lipinski definition) is 6. The standard InChI is InChI=1S/C37H85N5O12Si2/c1-9-11-14-34(10-2)30-54-33-37(45)29-42(28-36(44)32-53-24-13-26-56(49-6,50-7)51-8)22-21-41(20-19-40-18-17-39-16-15-38)27-35(43)31-52-23-12-25-55(46-3,47-4)48-5/h34-37,39-40,43-45H,9-33,38H2,1-8H3. The summed E-state index contributed by atoms with van der Waals surface area (Å²) in [5.41, 5.74) is 5.59. The highest BCUT2D eigenvalue weighted by Gasteiger charge is 2.37. The van der Waals surface area contributed by atoms with Crippen molar-refractivity contribution in [2.24, 2.45) is 11.7 Å². The van der Waals surface area contributed by atoms with Gasteiger partial charge in [0.2, 0.25) is 0 Å². The Morgan fingerprint density at radius 2 is 1.00 bits per heavy atom. The zero-order valence-corrected chi connectivity index (χ0v) is 38.5. The lowest BCUT2D eigenvalue weighted by molar-refractivity contribution is -0.0200. The molecule has 17 nitrogen and oxygen atoms in total. The van der Waals surface area contributed by atoms with Gasteiger partial charge < -0.3 is 72.5 Å². The second-order valence-electron chi connectivity index (χ2n) is 14.2. The minimum absolute atomic E-state index is 0.144. The molecule has 0 aromatic carbocycles. The third-order valence-electron chi connectivity index (χ3n) is 9.78. The molecule has 7 N–H and O–H groups in total. The minimum Gasteiger partial charge on any atom is -0.389 e. The molecule has 0 aromatic rings. The van der Waals surface area contributed by atoms with Gasteiger partial charge in [0.05, 0.1) is 38.1 Å². The summed E-state index contributed by atoms with van der Waals surface area (Å²) < 4.78 is 50.6. The van der Waals surface area contributed by atoms with E-state index in [0.717, 1.165) is 45.4 Å². The number of unbranched alkanes of at least 4 members (excludes halogenated alkanes) is 1. The van der Waals surface area contributed by atoms with Crippen LogP contribution in [0.5, 0.6) is 0 Å². The molecule has 0 aliphatic rings. The number of nitrogens with two attached hydrogens (primary N) is 1. The van der Waals surface area contributed by atoms with Gasteiger partial charge in [-0.2, -0.15) is 0 Å². The summed E-state index contributed by atoms with van der Waals surface area (Å²) in [6.07, 6.45) is 3.62. The molecule has 0 rings (SSSR count). The zero-order chi connectivity index (χ0) is 41.9. The van der Waals surface area contributed by atoms with Crippen molar-refractivity contribution in [2.75, 3.05) is 154 Å². The molecule has 338 valence electrons. The van der Waals surface area contributed by atoms with Gasteiger partial charge in [0.1, 0.15) is 0 Å². The molecule has 0 amide bonds. The van der Waals surface area contributed by atoms with Gasteiger partial charge >= 0.3 is 17.6 Å². The van der Waals surface area contributed by atoms with E-state index in [4.69, 9.17) is 46.5 Å². The summed E-state index contributed by atoms with van der Waals surface area (Å²) in [6, 6.07) is 1.22. The Labute approximate surface area is 342 Å². The van der Waals surface area contributed by atoms with Crippen molar-refractivity contribution in [3.63, 3.8) is 0 Å². The fourth-order valence-corrected chi connectivity index (χ4v) is 9.63. The summed E-state index contributed by atoms with van der Waals surface area (Å²) in [7, 11) is 4.16. The number of aliphatic hydroxyl groups excluding tert-OH is 3. The average molecular weight is 848 g/mol. The highest BCUT2D eigenvalue weighted by molar-refractivity contribution is 6.60. The van der Waals surface area contributed by atoms with Gasteiger partial charge in [0.25, 0.3) is 0 Å². The van der Waals surface area contributed by atoms with E-state index < -0.39 is 35.9 Å². The lowest BCUT2D eigenvalue weighted by Gasteiger charge is -2.31. The molecule has 0 heterocycles. The lowest BCUT2D eigenvalue weighted by Crippen LogP contribution is -2.47. The number of nitrogens with zero attached hydrogens (tertiary/aromatic N) is 2. The van der Waals surface area contributed by atoms with E-state index in [1.165, 1.54) is 6.42 Å². The van der Waals surface area contributed by atoms with Gasteiger partial charge in [-0.25, -0.2) is 0 Å². The first-order valence-corrected chi connectivity index (χ1v) is 24.6. The summed E-state index contributed by atoms with van der Waals surface area (Å²) in [4.78, 5) is 4.23. The maximum absolute atomic E-state index is 11.1. The van der Waals surface area contributed by atoms with Crippen LogP contribution in [0.2, 0.25) is 12.1 Å². The van der Waals surface area contributed by atoms with E-state index in [9.17, 15) is 15.3 Å². The van der Waals surface area contributed by atoms with Gasteiger partial charge in [0.15, 0.2) is 0 Å². The Balaban J connectivity index is 5.45. The van der Waals surface area contributed by atoms with Crippen molar-refractivity contribution in [3.05, 3.63) is 0 Å². The van der Waals surface area contributed by atoms with Crippen molar-refractivity contribution in [3.8, 4) is 0 Å². The maximum Gasteiger partial charge on any atom is 0.500 e. The molecule has 0 bridgehead atoms. The van der Waals surface area contributed by atoms with Crippen LogP contribution in [0.25, 0.3) is 0 Å². The van der Waals surface area contributed by atoms with Crippen LogP contribution in [0.3, 0.4) is 0 Å². The maximum atomic E-state index is 11.1. The molecule has 0 aromatic heterocycles. The normalized spacial score (nSPS) is 14.9. The third-order valence-corrected chi connectivity index (χ3v) is 15.4. The fourth-order valence-electron chi connectivity index (χ4n) is 6.25. The Morgan fingerprint density at radius 3 is 1.45 bits per heavy atom. The van der Waals surface area contributed by atoms with Gasteiger partial charge in [-0.3, -0.25) is 9.80 Å². The van der Waals surface area contributed by atoms with Crippen molar-refractivity contribution >= 4 is 17.6 Å². The highest BCUT2D eigenvalue weighted by Crippen LogP contribution is 2.16. The number of rotatable bonds is 43. The van der Waals surface area contributed by atoms with Crippen molar-refractivity contribution in [2.45, 2.75) is 82.8 Å². The molecule has 0 aliphatic carbocycles. The van der Waals surface area contributed by atoms with Crippen LogP contribution in [0.4, 0.5) is 0 Å². The van der Waals surface area contributed by atoms with Crippen molar-refractivity contribution in [1.82, 2.24) is 20.4 Å². The van der Waals surface area contributed by atoms with Crippen LogP contribution < -0.4 is 16.4 Å². The Bertz CT molecular complexity index is 845. The minimum atomic E-state index is -2.69. The highest BCUT2D eigenvalue weighted by atomic mass is 28.4. The first kappa shape index (κ1) is 55.8. The van der Waals surface area contributed by atoms with E-state index in [1.807, 2.05) is 4.90 Å². The Kier molecular flexibility index (Phi) is 36.4. The number of ether oxygens (including phenoxy) is 3. The quantitative estimate of drug-likeness (QED) is 0.0368. The van der Waals surface area contributed by atoms with E-state index in [-0.39, 0.29) is 19.8 Å². The molecule has 0 radical (unpaired) electrons. The summed E-state index contributed by atoms with van der Waals surface area (Å²) in [5, 5.41) is 39.9. The van der Waals surface area contributed by atoms with Gasteiger partial charge in [-0.15, -0.1) is 0 Å². The predicted octanol–water partition coefficient (Wildman–Crippen LogP) is 0.614. The van der Waals surface area contributed by atoms with E-state index in [0.29, 0.717) is 96.5 Å². The lowest BCUT2D eigenvalue weighted by atomic mass is 10.0. The van der Waals surface area contributed by atoms with Crippen LogP contribution in [-0.4, -0.2) is 215 Å². The van der Waals surface area contributed by atoms with Crippen LogP contribution in [-0.2, 0) is 40.8 Å². The summed E-state index contributed by atoms with van der Waals surface area (Å²) in [6.45, 7) is 13.0. The molecule has 4 atom stereocenters. The summed E-state index contributed by atoms with van der Waals surface area (Å²) in [5.74, 6) is 0.479. The van der Waals surface area contributed by atoms with Gasteiger partial charge in [0, 0.05) is 147 Å². The van der Waals surface area contributed by atoms with E-state index >= 15 is 0 Å². The van der Waals surface area contributed by atoms with E-state index in [1.54, 1.807) is 42.7 Å². The number of nitrogens with one attached hydrogen (secondary N) is 2. The first-order valence-electron chi connectivity index (χ1n) is 20.7. The first-order chi connectivity index (χ1) is 27.0. The van der Waals surface area contributed by atoms with Crippen LogP contribution in [0.15, 0.2) is 0 Å². The summed E-state index contributed by atoms with van der Waals surface area (Å²) >= 11 is 0. The molecule has 0 aliphatic heterocycles. The number of hydrogen-bond acceptors (Lipinski definition) is 17. The molecule has 19 heteroatoms. The fraction of sp³-hybridized carbons (Fsp3) is 1.00. The van der Waals surface area contributed by atoms with Crippen LogP contribution >= 0.6 is 0 Å². The monoisotopic (exact) mass is 848 g/mol. The molecular weight excluding hydrogens is 763 g/mol. The van der Waals surface area contributed by atoms with Gasteiger partial charge in [-0.1, -0.05) is 33.1 Å². The number of aliphatic hydroxyl groups is 3. The molecule has 0 spiro atoms. The zero-order valence-electron chi connectivity index (χ0n) is 36.5. The topological polar surface area (TPSA) is 200 Å². The van der Waals surface area contributed by atoms with Gasteiger partial charge in [-0.05, 0) is 25.2 Å². The Hall–Kier alpha value is -0.246. The largest absolute Gasteiger partial charge is 0.500 e. The second-order valence-corrected chi connectivity index (χ2v) is 20.4. The van der Waals surface area contributed by atoms with Crippen molar-refractivity contribution < 1.29 is 56.1 Å². The SMILES string of the molecule is CCCCC(CC)COCC(O)CN(CCN(CCNCCNCCN)CC(O)COCCC[Si](OC)(OC)OC)CC(O)COCCC[Si](OC)(OC)OC. The molecule has 0 saturated heterocycles. The molecule has 0 saturated carbocycles. The molecule has 0 fully saturated rings. The molecular formula is C37H85N5O12Si2. The van der Waals surface area contributed by atoms with Crippen LogP contribution in [0, 0.1) is 5.92 Å². The predicted molar refractivity (Wildman–Crippen MR) is 224 cm³/mol. The Morgan fingerprint density at radius 1 is 0.554 bits per heavy atom. The van der Waals surface area contributed by atoms with Crippen LogP contribution in [0.1, 0.15) is 52.4 Å². The van der Waals surface area contributed by atoms with Crippen molar-refractivity contribution in [1.29, 1.82) is 0 Å².